The van der Waals surface area contributed by atoms with E-state index < -0.39 is 0 Å². The van der Waals surface area contributed by atoms with Crippen molar-refractivity contribution in [1.29, 1.82) is 0 Å². The molecule has 4 aromatic rings. The van der Waals surface area contributed by atoms with Gasteiger partial charge in [0.1, 0.15) is 0 Å². The second-order valence-corrected chi connectivity index (χ2v) is 8.86. The molecule has 8 heteroatoms. The number of nitrogens with zero attached hydrogens (tertiary/aromatic N) is 5. The molecule has 2 aromatic carbocycles. The average molecular weight is 450 g/mol. The van der Waals surface area contributed by atoms with Gasteiger partial charge in [-0.3, -0.25) is 13.9 Å². The van der Waals surface area contributed by atoms with Crippen LogP contribution in [0.5, 0.6) is 0 Å². The van der Waals surface area contributed by atoms with E-state index in [0.717, 1.165) is 17.8 Å². The fourth-order valence-electron chi connectivity index (χ4n) is 4.43. The van der Waals surface area contributed by atoms with Crippen molar-refractivity contribution in [2.24, 2.45) is 13.0 Å². The molecule has 2 aromatic heterocycles. The Hall–Kier alpha value is -3.32. The number of fused-ring (bicyclic) bond motifs is 3. The summed E-state index contributed by atoms with van der Waals surface area (Å²) in [6, 6.07) is 17.4. The molecular formula is C24H24ClN5O2. The van der Waals surface area contributed by atoms with E-state index in [4.69, 9.17) is 16.6 Å². The maximum atomic E-state index is 13.5. The lowest BCUT2D eigenvalue weighted by atomic mass is 10.1. The highest BCUT2D eigenvalue weighted by Gasteiger charge is 2.29. The smallest absolute Gasteiger partial charge is 0.312 e. The first-order valence-electron chi connectivity index (χ1n) is 10.7. The Bertz CT molecular complexity index is 1400. The molecule has 0 fully saturated rings. The van der Waals surface area contributed by atoms with Crippen LogP contribution in [0.2, 0.25) is 5.02 Å². The van der Waals surface area contributed by atoms with E-state index in [9.17, 15) is 9.59 Å². The van der Waals surface area contributed by atoms with Crippen LogP contribution >= 0.6 is 11.6 Å². The molecule has 0 saturated heterocycles. The zero-order valence-electron chi connectivity index (χ0n) is 18.0. The summed E-state index contributed by atoms with van der Waals surface area (Å²) in [7, 11) is 1.68. The van der Waals surface area contributed by atoms with Gasteiger partial charge in [0.2, 0.25) is 5.95 Å². The van der Waals surface area contributed by atoms with Crippen molar-refractivity contribution in [3.8, 4) is 0 Å². The molecule has 5 rings (SSSR count). The monoisotopic (exact) mass is 449 g/mol. The largest absolute Gasteiger partial charge is 0.332 e. The van der Waals surface area contributed by atoms with Crippen LogP contribution in [-0.2, 0) is 26.6 Å². The molecule has 0 bridgehead atoms. The Morgan fingerprint density at radius 1 is 1.03 bits per heavy atom. The summed E-state index contributed by atoms with van der Waals surface area (Å²) in [4.78, 5) is 33.4. The molecule has 0 radical (unpaired) electrons. The molecule has 0 unspecified atom stereocenters. The van der Waals surface area contributed by atoms with Crippen molar-refractivity contribution >= 4 is 34.4 Å². The normalized spacial score (nSPS) is 15.8. The van der Waals surface area contributed by atoms with Crippen molar-refractivity contribution in [1.82, 2.24) is 18.7 Å². The zero-order valence-corrected chi connectivity index (χ0v) is 18.8. The van der Waals surface area contributed by atoms with E-state index in [-0.39, 0.29) is 11.2 Å². The van der Waals surface area contributed by atoms with Crippen LogP contribution in [0.25, 0.3) is 11.2 Å². The summed E-state index contributed by atoms with van der Waals surface area (Å²) in [6.07, 6.45) is 0.607. The number of hydrogen-bond acceptors (Lipinski definition) is 4. The molecule has 0 amide bonds. The van der Waals surface area contributed by atoms with E-state index in [0.29, 0.717) is 47.6 Å². The van der Waals surface area contributed by atoms with Gasteiger partial charge in [-0.2, -0.15) is 4.98 Å². The number of rotatable bonds is 4. The number of hydrogen-bond donors (Lipinski definition) is 0. The van der Waals surface area contributed by atoms with Crippen LogP contribution in [0.4, 0.5) is 11.6 Å². The third-order valence-corrected chi connectivity index (χ3v) is 6.30. The summed E-state index contributed by atoms with van der Waals surface area (Å²) in [5.74, 6) is 0.971. The molecular weight excluding hydrogens is 426 g/mol. The second kappa shape index (κ2) is 7.98. The molecule has 164 valence electrons. The van der Waals surface area contributed by atoms with E-state index in [1.807, 2.05) is 59.2 Å². The quantitative estimate of drug-likeness (QED) is 0.477. The van der Waals surface area contributed by atoms with E-state index >= 15 is 0 Å². The fourth-order valence-corrected chi connectivity index (χ4v) is 4.55. The van der Waals surface area contributed by atoms with Gasteiger partial charge in [-0.05, 0) is 42.2 Å². The Balaban J connectivity index is 1.65. The molecule has 0 N–H and O–H groups in total. The minimum atomic E-state index is -0.347. The van der Waals surface area contributed by atoms with Gasteiger partial charge >= 0.3 is 5.69 Å². The van der Waals surface area contributed by atoms with E-state index in [2.05, 4.69) is 11.8 Å². The van der Waals surface area contributed by atoms with Crippen molar-refractivity contribution in [2.45, 2.75) is 26.4 Å². The molecule has 1 atom stereocenters. The summed E-state index contributed by atoms with van der Waals surface area (Å²) in [5, 5.41) is 0.663. The van der Waals surface area contributed by atoms with Crippen molar-refractivity contribution < 1.29 is 0 Å². The zero-order chi connectivity index (χ0) is 22.4. The molecule has 3 heterocycles. The first kappa shape index (κ1) is 20.6. The lowest BCUT2D eigenvalue weighted by Crippen LogP contribution is -2.40. The Morgan fingerprint density at radius 3 is 2.47 bits per heavy atom. The second-order valence-electron chi connectivity index (χ2n) is 8.42. The van der Waals surface area contributed by atoms with Gasteiger partial charge in [0.25, 0.3) is 5.56 Å². The molecule has 0 aliphatic carbocycles. The molecule has 0 spiro atoms. The van der Waals surface area contributed by atoms with Gasteiger partial charge in [0.05, 0.1) is 0 Å². The number of anilines is 2. The summed E-state index contributed by atoms with van der Waals surface area (Å²) in [5.41, 5.74) is 2.29. The topological polar surface area (TPSA) is 65.1 Å². The average Bonchev–Trinajstić information content (AvgIpc) is 3.18. The standard InChI is InChI=1S/C24H24ClN5O2/c1-16-14-29(19-10-8-18(25)9-11-19)23-26-21-20(30(23)15-16)22(31)28(24(32)27(21)2)13-12-17-6-4-3-5-7-17/h3-11,16H,12-15H2,1-2H3/t16-/m0/s1. The molecule has 32 heavy (non-hydrogen) atoms. The van der Waals surface area contributed by atoms with E-state index in [1.165, 1.54) is 9.13 Å². The third-order valence-electron chi connectivity index (χ3n) is 6.05. The highest BCUT2D eigenvalue weighted by molar-refractivity contribution is 6.30. The Labute approximate surface area is 190 Å². The van der Waals surface area contributed by atoms with Crippen LogP contribution in [0.1, 0.15) is 12.5 Å². The minimum Gasteiger partial charge on any atom is -0.312 e. The molecule has 1 aliphatic rings. The predicted molar refractivity (Wildman–Crippen MR) is 127 cm³/mol. The van der Waals surface area contributed by atoms with Gasteiger partial charge in [0.15, 0.2) is 11.2 Å². The SMILES string of the molecule is C[C@H]1CN(c2ccc(Cl)cc2)c2nc3c(c(=O)n(CCc4ccccc4)c(=O)n3C)n2C1. The fraction of sp³-hybridized carbons (Fsp3) is 0.292. The number of aryl methyl sites for hydroxylation is 2. The summed E-state index contributed by atoms with van der Waals surface area (Å²) >= 11 is 6.07. The lowest BCUT2D eigenvalue weighted by molar-refractivity contribution is 0.457. The van der Waals surface area contributed by atoms with Crippen LogP contribution in [0, 0.1) is 5.92 Å². The predicted octanol–water partition coefficient (Wildman–Crippen LogP) is 3.58. The molecule has 0 saturated carbocycles. The van der Waals surface area contributed by atoms with Crippen LogP contribution < -0.4 is 16.1 Å². The summed E-state index contributed by atoms with van der Waals surface area (Å²) < 4.78 is 4.77. The van der Waals surface area contributed by atoms with Gasteiger partial charge in [0, 0.05) is 37.4 Å². The van der Waals surface area contributed by atoms with Crippen LogP contribution in [-0.4, -0.2) is 25.2 Å². The maximum Gasteiger partial charge on any atom is 0.332 e. The Kier molecular flexibility index (Phi) is 5.13. The lowest BCUT2D eigenvalue weighted by Gasteiger charge is -2.33. The number of imidazole rings is 1. The van der Waals surface area contributed by atoms with Gasteiger partial charge < -0.3 is 9.47 Å². The number of benzene rings is 2. The van der Waals surface area contributed by atoms with Crippen molar-refractivity contribution in [3.05, 3.63) is 86.0 Å². The maximum absolute atomic E-state index is 13.5. The van der Waals surface area contributed by atoms with Gasteiger partial charge in [-0.1, -0.05) is 48.9 Å². The van der Waals surface area contributed by atoms with Crippen molar-refractivity contribution in [3.63, 3.8) is 0 Å². The molecule has 1 aliphatic heterocycles. The van der Waals surface area contributed by atoms with Crippen LogP contribution in [0.3, 0.4) is 0 Å². The Morgan fingerprint density at radius 2 is 1.75 bits per heavy atom. The highest BCUT2D eigenvalue weighted by atomic mass is 35.5. The van der Waals surface area contributed by atoms with E-state index in [1.54, 1.807) is 7.05 Å². The third kappa shape index (κ3) is 3.42. The first-order valence-corrected chi connectivity index (χ1v) is 11.1. The van der Waals surface area contributed by atoms with Crippen LogP contribution in [0.15, 0.2) is 64.2 Å². The summed E-state index contributed by atoms with van der Waals surface area (Å²) in [6.45, 7) is 3.90. The highest BCUT2D eigenvalue weighted by Crippen LogP contribution is 2.33. The molecule has 7 nitrogen and oxygen atoms in total. The van der Waals surface area contributed by atoms with Gasteiger partial charge in [-0.25, -0.2) is 4.79 Å². The van der Waals surface area contributed by atoms with Crippen molar-refractivity contribution in [2.75, 3.05) is 11.4 Å². The van der Waals surface area contributed by atoms with Gasteiger partial charge in [-0.15, -0.1) is 0 Å². The number of halogens is 1. The number of aromatic nitrogens is 4. The first-order chi connectivity index (χ1) is 15.4. The minimum absolute atomic E-state index is 0.289.